The lowest BCUT2D eigenvalue weighted by molar-refractivity contribution is -0.139. The van der Waals surface area contributed by atoms with Gasteiger partial charge in [0.05, 0.1) is 13.2 Å². The minimum absolute atomic E-state index is 0.0935. The van der Waals surface area contributed by atoms with Crippen LogP contribution in [-0.2, 0) is 22.6 Å². The molecule has 4 aromatic carbocycles. The number of nitrogens with one attached hydrogen (secondary N) is 2. The van der Waals surface area contributed by atoms with E-state index in [2.05, 4.69) is 15.5 Å². The molecule has 3 saturated heterocycles. The number of fused-ring (bicyclic) bond motifs is 3. The van der Waals surface area contributed by atoms with Gasteiger partial charge in [0.1, 0.15) is 30.3 Å². The molecule has 254 valence electrons. The number of benzene rings is 4. The molecule has 2 unspecified atom stereocenters. The van der Waals surface area contributed by atoms with Crippen molar-refractivity contribution in [1.82, 2.24) is 15.5 Å². The molecule has 4 aromatic rings. The molecule has 10 nitrogen and oxygen atoms in total. The third kappa shape index (κ3) is 8.77. The monoisotopic (exact) mass is 663 g/mol. The van der Waals surface area contributed by atoms with Crippen molar-refractivity contribution in [3.05, 3.63) is 131 Å². The number of alkyl carbamates (subject to hydrolysis) is 1. The average Bonchev–Trinajstić information content (AvgIpc) is 3.14. The largest absolute Gasteiger partial charge is 0.497 e. The molecule has 2 amide bonds. The highest BCUT2D eigenvalue weighted by molar-refractivity contribution is 5.96. The normalized spacial score (nSPS) is 19.2. The number of carbonyl (C=O) groups is 3. The highest BCUT2D eigenvalue weighted by atomic mass is 16.6. The zero-order valence-electron chi connectivity index (χ0n) is 27.4. The quantitative estimate of drug-likeness (QED) is 0.169. The summed E-state index contributed by atoms with van der Waals surface area (Å²) in [6, 6.07) is 29.7. The van der Waals surface area contributed by atoms with Gasteiger partial charge in [-0.05, 0) is 90.5 Å². The highest BCUT2D eigenvalue weighted by Crippen LogP contribution is 2.31. The van der Waals surface area contributed by atoms with Crippen molar-refractivity contribution in [2.24, 2.45) is 5.92 Å². The van der Waals surface area contributed by atoms with E-state index in [0.717, 1.165) is 54.7 Å². The minimum atomic E-state index is -1.12. The summed E-state index contributed by atoms with van der Waals surface area (Å²) in [5.74, 6) is 0.106. The molecule has 3 heterocycles. The summed E-state index contributed by atoms with van der Waals surface area (Å²) in [5, 5.41) is 15.4. The minimum Gasteiger partial charge on any atom is -0.497 e. The fourth-order valence-corrected chi connectivity index (χ4v) is 6.48. The number of methoxy groups -OCH3 is 1. The van der Waals surface area contributed by atoms with E-state index in [1.54, 1.807) is 55.6 Å². The van der Waals surface area contributed by atoms with E-state index < -0.39 is 30.1 Å². The predicted octanol–water partition coefficient (Wildman–Crippen LogP) is 5.61. The first-order valence-electron chi connectivity index (χ1n) is 16.6. The molecule has 3 fully saturated rings. The van der Waals surface area contributed by atoms with Gasteiger partial charge in [-0.1, -0.05) is 66.7 Å². The topological polar surface area (TPSA) is 126 Å². The summed E-state index contributed by atoms with van der Waals surface area (Å²) in [4.78, 5) is 40.3. The van der Waals surface area contributed by atoms with Crippen LogP contribution >= 0.6 is 0 Å². The Morgan fingerprint density at radius 2 is 1.51 bits per heavy atom. The second-order valence-corrected chi connectivity index (χ2v) is 12.5. The number of carbonyl (C=O) groups excluding carboxylic acids is 2. The van der Waals surface area contributed by atoms with Gasteiger partial charge in [0.15, 0.2) is 0 Å². The maximum Gasteiger partial charge on any atom is 0.408 e. The number of ether oxygens (including phenoxy) is 3. The third-order valence-electron chi connectivity index (χ3n) is 9.27. The van der Waals surface area contributed by atoms with Crippen LogP contribution in [0.5, 0.6) is 11.5 Å². The van der Waals surface area contributed by atoms with E-state index in [9.17, 15) is 19.5 Å². The molecule has 3 atom stereocenters. The number of carboxylic acid groups (broad SMARTS) is 1. The molecule has 0 aromatic heterocycles. The van der Waals surface area contributed by atoms with Crippen molar-refractivity contribution in [2.45, 2.75) is 44.1 Å². The first-order valence-corrected chi connectivity index (χ1v) is 16.6. The Morgan fingerprint density at radius 1 is 0.816 bits per heavy atom. The van der Waals surface area contributed by atoms with Crippen LogP contribution in [0.25, 0.3) is 0 Å². The molecule has 7 rings (SSSR count). The van der Waals surface area contributed by atoms with Crippen LogP contribution in [0.3, 0.4) is 0 Å². The zero-order valence-corrected chi connectivity index (χ0v) is 27.4. The lowest BCUT2D eigenvalue weighted by Crippen LogP contribution is -2.52. The van der Waals surface area contributed by atoms with Gasteiger partial charge in [-0.3, -0.25) is 9.69 Å². The summed E-state index contributed by atoms with van der Waals surface area (Å²) >= 11 is 0. The van der Waals surface area contributed by atoms with Gasteiger partial charge in [-0.25, -0.2) is 9.59 Å². The number of hydrogen-bond acceptors (Lipinski definition) is 7. The Labute approximate surface area is 286 Å². The van der Waals surface area contributed by atoms with Crippen molar-refractivity contribution < 1.29 is 33.7 Å². The summed E-state index contributed by atoms with van der Waals surface area (Å²) in [5.41, 5.74) is 3.71. The number of hydrogen-bond donors (Lipinski definition) is 3. The molecule has 2 bridgehead atoms. The average molecular weight is 664 g/mol. The fourth-order valence-electron chi connectivity index (χ4n) is 6.48. The summed E-state index contributed by atoms with van der Waals surface area (Å²) in [6.07, 6.45) is 1.73. The maximum atomic E-state index is 13.2. The van der Waals surface area contributed by atoms with Crippen LogP contribution < -0.4 is 20.1 Å². The molecule has 3 aliphatic heterocycles. The summed E-state index contributed by atoms with van der Waals surface area (Å²) < 4.78 is 17.2. The molecule has 0 saturated carbocycles. The van der Waals surface area contributed by atoms with E-state index in [-0.39, 0.29) is 19.1 Å². The summed E-state index contributed by atoms with van der Waals surface area (Å²) in [7, 11) is 1.56. The lowest BCUT2D eigenvalue weighted by Gasteiger charge is -2.43. The van der Waals surface area contributed by atoms with Gasteiger partial charge >= 0.3 is 12.1 Å². The van der Waals surface area contributed by atoms with E-state index in [1.807, 2.05) is 54.6 Å². The SMILES string of the molecule is COc1ccc(CC(NC(=O)c2ccc(COc3cccc(C(NC(=O)O[C@H]4CN5CCC4CC5)c4ccccc4)c3)cc2)C(=O)O)cc1. The van der Waals surface area contributed by atoms with Crippen LogP contribution in [0.2, 0.25) is 0 Å². The Kier molecular flexibility index (Phi) is 10.7. The van der Waals surface area contributed by atoms with Crippen LogP contribution in [0.1, 0.15) is 51.5 Å². The first-order chi connectivity index (χ1) is 23.8. The zero-order chi connectivity index (χ0) is 34.2. The molecule has 3 aliphatic rings. The Bertz CT molecular complexity index is 1720. The number of piperidine rings is 3. The third-order valence-corrected chi connectivity index (χ3v) is 9.27. The van der Waals surface area contributed by atoms with Crippen LogP contribution in [-0.4, -0.2) is 66.9 Å². The van der Waals surface area contributed by atoms with Gasteiger partial charge in [0.2, 0.25) is 0 Å². The number of rotatable bonds is 13. The number of aliphatic carboxylic acids is 1. The molecule has 3 N–H and O–H groups in total. The van der Waals surface area contributed by atoms with Crippen molar-refractivity contribution in [3.8, 4) is 11.5 Å². The molecular formula is C39H41N3O7. The summed E-state index contributed by atoms with van der Waals surface area (Å²) in [6.45, 7) is 3.18. The van der Waals surface area contributed by atoms with Crippen LogP contribution in [0.15, 0.2) is 103 Å². The predicted molar refractivity (Wildman–Crippen MR) is 184 cm³/mol. The van der Waals surface area contributed by atoms with Crippen molar-refractivity contribution >= 4 is 18.0 Å². The maximum absolute atomic E-state index is 13.2. The van der Waals surface area contributed by atoms with Crippen molar-refractivity contribution in [2.75, 3.05) is 26.7 Å². The smallest absolute Gasteiger partial charge is 0.408 e. The second-order valence-electron chi connectivity index (χ2n) is 12.5. The second kappa shape index (κ2) is 15.7. The Balaban J connectivity index is 1.06. The fraction of sp³-hybridized carbons (Fsp3) is 0.308. The van der Waals surface area contributed by atoms with Crippen LogP contribution in [0.4, 0.5) is 4.79 Å². The standard InChI is InChI=1S/C39H41N3O7/c1-47-32-16-12-26(13-17-32)22-34(38(44)45)40-37(43)30-14-10-27(11-15-30)25-48-33-9-5-8-31(23-33)36(29-6-3-2-4-7-29)41-39(46)49-35-24-42-20-18-28(35)19-21-42/h2-17,23,28,34-36H,18-22,24-25H2,1H3,(H,40,43)(H,41,46)(H,44,45)/t34?,35-,36?/m0/s1. The molecule has 0 aliphatic carbocycles. The van der Waals surface area contributed by atoms with Gasteiger partial charge in [-0.15, -0.1) is 0 Å². The lowest BCUT2D eigenvalue weighted by atomic mass is 9.86. The highest BCUT2D eigenvalue weighted by Gasteiger charge is 2.37. The van der Waals surface area contributed by atoms with E-state index in [1.165, 1.54) is 0 Å². The van der Waals surface area contributed by atoms with Gasteiger partial charge in [0.25, 0.3) is 5.91 Å². The number of nitrogens with zero attached hydrogens (tertiary/aromatic N) is 1. The van der Waals surface area contributed by atoms with E-state index >= 15 is 0 Å². The van der Waals surface area contributed by atoms with E-state index in [0.29, 0.717) is 23.0 Å². The van der Waals surface area contributed by atoms with Crippen LogP contribution in [0, 0.1) is 5.92 Å². The Morgan fingerprint density at radius 3 is 2.16 bits per heavy atom. The number of amides is 2. The van der Waals surface area contributed by atoms with E-state index in [4.69, 9.17) is 14.2 Å². The number of carboxylic acids is 1. The van der Waals surface area contributed by atoms with Gasteiger partial charge in [-0.2, -0.15) is 0 Å². The van der Waals surface area contributed by atoms with Gasteiger partial charge in [0, 0.05) is 18.5 Å². The Hall–Kier alpha value is -5.35. The van der Waals surface area contributed by atoms with Gasteiger partial charge < -0.3 is 30.0 Å². The molecule has 0 spiro atoms. The molecular weight excluding hydrogens is 622 g/mol. The molecule has 49 heavy (non-hydrogen) atoms. The first kappa shape index (κ1) is 33.5. The van der Waals surface area contributed by atoms with Crippen molar-refractivity contribution in [3.63, 3.8) is 0 Å². The van der Waals surface area contributed by atoms with Crippen molar-refractivity contribution in [1.29, 1.82) is 0 Å². The molecule has 0 radical (unpaired) electrons. The molecule has 10 heteroatoms.